The second kappa shape index (κ2) is 3.16. The standard InChI is InChI=1S/C9H6N2O4/c12-8-5-9(13)10(11(14)15)7-4-2-1-3-6(7)8/h1-4H,5H2. The molecule has 0 atom stereocenters. The molecule has 0 aliphatic carbocycles. The Balaban J connectivity index is 2.61. The molecule has 1 aliphatic rings. The van der Waals surface area contributed by atoms with Crippen LogP contribution in [-0.2, 0) is 4.79 Å². The van der Waals surface area contributed by atoms with E-state index in [1.807, 2.05) is 0 Å². The fraction of sp³-hybridized carbons (Fsp3) is 0.111. The average Bonchev–Trinajstić information content (AvgIpc) is 2.17. The fourth-order valence-corrected chi connectivity index (χ4v) is 1.51. The Morgan fingerprint density at radius 3 is 2.60 bits per heavy atom. The quantitative estimate of drug-likeness (QED) is 0.386. The van der Waals surface area contributed by atoms with E-state index in [2.05, 4.69) is 0 Å². The van der Waals surface area contributed by atoms with Crippen LogP contribution in [0.2, 0.25) is 0 Å². The second-order valence-corrected chi connectivity index (χ2v) is 3.06. The van der Waals surface area contributed by atoms with Crippen LogP contribution < -0.4 is 5.01 Å². The molecule has 0 spiro atoms. The molecule has 1 aromatic carbocycles. The summed E-state index contributed by atoms with van der Waals surface area (Å²) >= 11 is 0. The zero-order valence-corrected chi connectivity index (χ0v) is 7.54. The summed E-state index contributed by atoms with van der Waals surface area (Å²) in [5.74, 6) is -1.18. The highest BCUT2D eigenvalue weighted by Crippen LogP contribution is 2.27. The maximum Gasteiger partial charge on any atom is 0.297 e. The molecule has 6 nitrogen and oxygen atoms in total. The number of para-hydroxylation sites is 1. The third-order valence-corrected chi connectivity index (χ3v) is 2.14. The lowest BCUT2D eigenvalue weighted by Gasteiger charge is -2.19. The predicted molar refractivity (Wildman–Crippen MR) is 49.9 cm³/mol. The van der Waals surface area contributed by atoms with Crippen LogP contribution in [0.1, 0.15) is 16.8 Å². The third-order valence-electron chi connectivity index (χ3n) is 2.14. The van der Waals surface area contributed by atoms with Crippen molar-refractivity contribution in [2.75, 3.05) is 5.01 Å². The van der Waals surface area contributed by atoms with Gasteiger partial charge in [0, 0.05) is 5.56 Å². The maximum absolute atomic E-state index is 11.4. The van der Waals surface area contributed by atoms with Crippen LogP contribution in [0.3, 0.4) is 0 Å². The number of hydrazine groups is 1. The van der Waals surface area contributed by atoms with Gasteiger partial charge in [0.2, 0.25) is 0 Å². The topological polar surface area (TPSA) is 80.5 Å². The third kappa shape index (κ3) is 1.35. The number of carbonyl (C=O) groups is 2. The van der Waals surface area contributed by atoms with Gasteiger partial charge in [0.1, 0.15) is 5.69 Å². The van der Waals surface area contributed by atoms with Crippen molar-refractivity contribution in [3.8, 4) is 0 Å². The Hall–Kier alpha value is -2.24. The average molecular weight is 206 g/mol. The number of nitrogens with zero attached hydrogens (tertiary/aromatic N) is 2. The molecule has 2 rings (SSSR count). The number of anilines is 1. The number of carbonyl (C=O) groups excluding carboxylic acids is 2. The minimum absolute atomic E-state index is 0.0451. The Kier molecular flexibility index (Phi) is 1.96. The van der Waals surface area contributed by atoms with Gasteiger partial charge in [-0.15, -0.1) is 0 Å². The summed E-state index contributed by atoms with van der Waals surface area (Å²) in [5, 5.41) is 10.2. The smallest absolute Gasteiger partial charge is 0.294 e. The zero-order valence-electron chi connectivity index (χ0n) is 7.54. The second-order valence-electron chi connectivity index (χ2n) is 3.06. The Morgan fingerprint density at radius 1 is 1.27 bits per heavy atom. The number of rotatable bonds is 1. The molecule has 1 aromatic rings. The van der Waals surface area contributed by atoms with E-state index in [4.69, 9.17) is 0 Å². The van der Waals surface area contributed by atoms with Gasteiger partial charge in [-0.2, -0.15) is 0 Å². The van der Waals surface area contributed by atoms with Gasteiger partial charge in [0.05, 0.1) is 6.42 Å². The summed E-state index contributed by atoms with van der Waals surface area (Å²) < 4.78 is 0. The summed E-state index contributed by atoms with van der Waals surface area (Å²) in [4.78, 5) is 33.3. The lowest BCUT2D eigenvalue weighted by molar-refractivity contribution is -0.484. The van der Waals surface area contributed by atoms with E-state index < -0.39 is 17.4 Å². The van der Waals surface area contributed by atoms with Crippen molar-refractivity contribution < 1.29 is 14.6 Å². The highest BCUT2D eigenvalue weighted by molar-refractivity contribution is 6.18. The monoisotopic (exact) mass is 206 g/mol. The van der Waals surface area contributed by atoms with Crippen molar-refractivity contribution >= 4 is 17.4 Å². The molecule has 0 N–H and O–H groups in total. The van der Waals surface area contributed by atoms with Crippen LogP contribution >= 0.6 is 0 Å². The molecular formula is C9H6N2O4. The molecule has 0 saturated heterocycles. The van der Waals surface area contributed by atoms with Crippen molar-refractivity contribution in [2.24, 2.45) is 0 Å². The number of nitro groups is 1. The van der Waals surface area contributed by atoms with E-state index in [9.17, 15) is 19.7 Å². The maximum atomic E-state index is 11.4. The van der Waals surface area contributed by atoms with Crippen LogP contribution in [0.4, 0.5) is 5.69 Å². The first-order valence-electron chi connectivity index (χ1n) is 4.21. The largest absolute Gasteiger partial charge is 0.297 e. The number of amides is 1. The fourth-order valence-electron chi connectivity index (χ4n) is 1.51. The molecule has 0 fully saturated rings. The lowest BCUT2D eigenvalue weighted by Crippen LogP contribution is -2.41. The number of hydrogen-bond donors (Lipinski definition) is 0. The van der Waals surface area contributed by atoms with Crippen LogP contribution in [0.5, 0.6) is 0 Å². The summed E-state index contributed by atoms with van der Waals surface area (Å²) in [7, 11) is 0. The van der Waals surface area contributed by atoms with E-state index >= 15 is 0 Å². The Labute approximate surface area is 84.2 Å². The summed E-state index contributed by atoms with van der Waals surface area (Å²) in [6.45, 7) is 0. The van der Waals surface area contributed by atoms with E-state index in [1.54, 1.807) is 12.1 Å². The molecule has 6 heteroatoms. The number of ketones is 1. The Bertz CT molecular complexity index is 469. The first kappa shape index (κ1) is 9.32. The zero-order chi connectivity index (χ0) is 11.0. The van der Waals surface area contributed by atoms with Crippen LogP contribution in [0, 0.1) is 10.1 Å². The van der Waals surface area contributed by atoms with Crippen LogP contribution in [0.25, 0.3) is 0 Å². The first-order chi connectivity index (χ1) is 7.11. The van der Waals surface area contributed by atoms with Crippen molar-refractivity contribution in [2.45, 2.75) is 6.42 Å². The summed E-state index contributed by atoms with van der Waals surface area (Å²) in [5.41, 5.74) is 0.262. The van der Waals surface area contributed by atoms with Crippen molar-refractivity contribution in [1.82, 2.24) is 0 Å². The van der Waals surface area contributed by atoms with Gasteiger partial charge in [-0.3, -0.25) is 9.59 Å². The SMILES string of the molecule is O=C1CC(=O)N([N+](=O)[O-])c2ccccc21. The van der Waals surface area contributed by atoms with Crippen molar-refractivity contribution in [3.63, 3.8) is 0 Å². The minimum Gasteiger partial charge on any atom is -0.294 e. The predicted octanol–water partition coefficient (Wildman–Crippen LogP) is 0.798. The van der Waals surface area contributed by atoms with Gasteiger partial charge in [0.15, 0.2) is 10.8 Å². The van der Waals surface area contributed by atoms with E-state index in [0.29, 0.717) is 5.01 Å². The molecule has 15 heavy (non-hydrogen) atoms. The summed E-state index contributed by atoms with van der Waals surface area (Å²) in [6.07, 6.45) is -0.446. The van der Waals surface area contributed by atoms with Gasteiger partial charge >= 0.3 is 0 Å². The molecule has 0 bridgehead atoms. The molecule has 1 aliphatic heterocycles. The van der Waals surface area contributed by atoms with E-state index in [-0.39, 0.29) is 17.0 Å². The molecule has 0 aromatic heterocycles. The molecule has 1 amide bonds. The number of hydrogen-bond acceptors (Lipinski definition) is 4. The van der Waals surface area contributed by atoms with Crippen LogP contribution in [-0.4, -0.2) is 16.7 Å². The van der Waals surface area contributed by atoms with Gasteiger partial charge in [-0.25, -0.2) is 10.1 Å². The normalized spacial score (nSPS) is 15.1. The molecule has 0 radical (unpaired) electrons. The summed E-state index contributed by atoms with van der Waals surface area (Å²) in [6, 6.07) is 6.00. The van der Waals surface area contributed by atoms with E-state index in [1.165, 1.54) is 12.1 Å². The number of benzene rings is 1. The van der Waals surface area contributed by atoms with Gasteiger partial charge in [-0.05, 0) is 17.1 Å². The highest BCUT2D eigenvalue weighted by atomic mass is 16.7. The van der Waals surface area contributed by atoms with Gasteiger partial charge in [0.25, 0.3) is 5.91 Å². The first-order valence-corrected chi connectivity index (χ1v) is 4.21. The lowest BCUT2D eigenvalue weighted by atomic mass is 10.0. The highest BCUT2D eigenvalue weighted by Gasteiger charge is 2.36. The van der Waals surface area contributed by atoms with E-state index in [0.717, 1.165) is 0 Å². The molecule has 76 valence electrons. The molecule has 0 unspecified atom stereocenters. The molecule has 0 saturated carbocycles. The minimum atomic E-state index is -0.812. The molecular weight excluding hydrogens is 200 g/mol. The van der Waals surface area contributed by atoms with Gasteiger partial charge < -0.3 is 0 Å². The van der Waals surface area contributed by atoms with Crippen molar-refractivity contribution in [3.05, 3.63) is 39.9 Å². The van der Waals surface area contributed by atoms with Crippen molar-refractivity contribution in [1.29, 1.82) is 0 Å². The number of Topliss-reactive ketones (excluding diaryl/α,β-unsaturated/α-hetero) is 1. The number of fused-ring (bicyclic) bond motifs is 1. The van der Waals surface area contributed by atoms with Crippen LogP contribution in [0.15, 0.2) is 24.3 Å². The molecule has 1 heterocycles. The Morgan fingerprint density at radius 2 is 1.93 bits per heavy atom. The van der Waals surface area contributed by atoms with Gasteiger partial charge in [-0.1, -0.05) is 12.1 Å².